The molecule has 22 heavy (non-hydrogen) atoms. The van der Waals surface area contributed by atoms with Crippen LogP contribution in [0.25, 0.3) is 0 Å². The Bertz CT molecular complexity index is 639. The molecule has 3 rings (SSSR count). The summed E-state index contributed by atoms with van der Waals surface area (Å²) in [5, 5.41) is 14.4. The van der Waals surface area contributed by atoms with Gasteiger partial charge in [0.2, 0.25) is 0 Å². The second-order valence-electron chi connectivity index (χ2n) is 5.30. The van der Waals surface area contributed by atoms with E-state index in [1.165, 1.54) is 0 Å². The molecule has 2 heterocycles. The van der Waals surface area contributed by atoms with Crippen LogP contribution < -0.4 is 4.90 Å². The fourth-order valence-corrected chi connectivity index (χ4v) is 3.01. The number of halogens is 2. The molecule has 0 saturated carbocycles. The van der Waals surface area contributed by atoms with Gasteiger partial charge in [-0.05, 0) is 18.2 Å². The Kier molecular flexibility index (Phi) is 4.88. The summed E-state index contributed by atoms with van der Waals surface area (Å²) in [5.74, 6) is 0.499. The highest BCUT2D eigenvalue weighted by atomic mass is 35.5. The molecular formula is C15H17Cl2N3O2. The van der Waals surface area contributed by atoms with E-state index in [1.54, 1.807) is 12.1 Å². The van der Waals surface area contributed by atoms with E-state index in [0.717, 1.165) is 49.1 Å². The fourth-order valence-electron chi connectivity index (χ4n) is 2.61. The zero-order chi connectivity index (χ0) is 15.5. The van der Waals surface area contributed by atoms with Gasteiger partial charge in [0.25, 0.3) is 0 Å². The number of piperazine rings is 1. The topological polar surface area (TPSA) is 52.7 Å². The number of aliphatic hydroxyl groups excluding tert-OH is 1. The Labute approximate surface area is 139 Å². The first-order chi connectivity index (χ1) is 10.7. The third kappa shape index (κ3) is 3.55. The van der Waals surface area contributed by atoms with Gasteiger partial charge in [0.1, 0.15) is 6.61 Å². The van der Waals surface area contributed by atoms with Crippen molar-refractivity contribution < 1.29 is 9.63 Å². The van der Waals surface area contributed by atoms with E-state index in [-0.39, 0.29) is 6.61 Å². The van der Waals surface area contributed by atoms with Crippen LogP contribution in [0.4, 0.5) is 5.69 Å². The molecule has 7 heteroatoms. The van der Waals surface area contributed by atoms with Crippen LogP contribution in [0.1, 0.15) is 11.5 Å². The smallest absolute Gasteiger partial charge is 0.162 e. The Balaban J connectivity index is 1.59. The number of benzene rings is 1. The summed E-state index contributed by atoms with van der Waals surface area (Å²) in [4.78, 5) is 4.54. The molecular weight excluding hydrogens is 325 g/mol. The van der Waals surface area contributed by atoms with Gasteiger partial charge in [-0.2, -0.15) is 0 Å². The number of aromatic nitrogens is 1. The van der Waals surface area contributed by atoms with Gasteiger partial charge in [-0.3, -0.25) is 4.90 Å². The van der Waals surface area contributed by atoms with Gasteiger partial charge in [0.15, 0.2) is 5.76 Å². The molecule has 0 spiro atoms. The predicted octanol–water partition coefficient (Wildman–Crippen LogP) is 2.80. The Morgan fingerprint density at radius 3 is 2.59 bits per heavy atom. The lowest BCUT2D eigenvalue weighted by Crippen LogP contribution is -2.46. The van der Waals surface area contributed by atoms with Crippen molar-refractivity contribution in [2.75, 3.05) is 31.1 Å². The molecule has 1 aromatic heterocycles. The van der Waals surface area contributed by atoms with Crippen molar-refractivity contribution in [2.45, 2.75) is 13.2 Å². The Morgan fingerprint density at radius 1 is 1.14 bits per heavy atom. The molecule has 0 bridgehead atoms. The molecule has 1 saturated heterocycles. The maximum absolute atomic E-state index is 8.99. The number of aliphatic hydroxyl groups is 1. The molecule has 1 fully saturated rings. The van der Waals surface area contributed by atoms with E-state index in [4.69, 9.17) is 32.8 Å². The minimum Gasteiger partial charge on any atom is -0.388 e. The quantitative estimate of drug-likeness (QED) is 0.926. The van der Waals surface area contributed by atoms with Crippen molar-refractivity contribution in [2.24, 2.45) is 0 Å². The molecule has 2 aromatic rings. The summed E-state index contributed by atoms with van der Waals surface area (Å²) >= 11 is 12.3. The molecule has 118 valence electrons. The number of hydrogen-bond acceptors (Lipinski definition) is 5. The van der Waals surface area contributed by atoms with Crippen molar-refractivity contribution in [1.29, 1.82) is 0 Å². The van der Waals surface area contributed by atoms with E-state index in [1.807, 2.05) is 12.1 Å². The summed E-state index contributed by atoms with van der Waals surface area (Å²) in [6.45, 7) is 4.18. The van der Waals surface area contributed by atoms with Crippen molar-refractivity contribution in [3.05, 3.63) is 45.8 Å². The molecule has 1 N–H and O–H groups in total. The highest BCUT2D eigenvalue weighted by molar-refractivity contribution is 6.35. The van der Waals surface area contributed by atoms with Crippen LogP contribution in [0.15, 0.2) is 28.8 Å². The van der Waals surface area contributed by atoms with Crippen LogP contribution in [-0.4, -0.2) is 41.3 Å². The van der Waals surface area contributed by atoms with Gasteiger partial charge in [0, 0.05) is 43.8 Å². The minimum atomic E-state index is -0.117. The van der Waals surface area contributed by atoms with Crippen molar-refractivity contribution in [3.63, 3.8) is 0 Å². The first kappa shape index (κ1) is 15.6. The molecule has 1 aliphatic heterocycles. The number of nitrogens with zero attached hydrogens (tertiary/aromatic N) is 3. The van der Waals surface area contributed by atoms with Crippen LogP contribution in [0.5, 0.6) is 0 Å². The third-order valence-electron chi connectivity index (χ3n) is 3.77. The van der Waals surface area contributed by atoms with Gasteiger partial charge < -0.3 is 14.5 Å². The second kappa shape index (κ2) is 6.87. The molecule has 1 aliphatic rings. The molecule has 5 nitrogen and oxygen atoms in total. The largest absolute Gasteiger partial charge is 0.388 e. The number of rotatable bonds is 4. The van der Waals surface area contributed by atoms with Gasteiger partial charge in [-0.1, -0.05) is 28.4 Å². The van der Waals surface area contributed by atoms with Gasteiger partial charge in [-0.15, -0.1) is 0 Å². The zero-order valence-electron chi connectivity index (χ0n) is 12.0. The van der Waals surface area contributed by atoms with Gasteiger partial charge in [0.05, 0.1) is 16.4 Å². The lowest BCUT2D eigenvalue weighted by atomic mass is 10.2. The monoisotopic (exact) mass is 341 g/mol. The Hall–Kier alpha value is -1.27. The summed E-state index contributed by atoms with van der Waals surface area (Å²) in [7, 11) is 0. The lowest BCUT2D eigenvalue weighted by Gasteiger charge is -2.36. The second-order valence-corrected chi connectivity index (χ2v) is 6.15. The average molecular weight is 342 g/mol. The van der Waals surface area contributed by atoms with Crippen LogP contribution >= 0.6 is 23.2 Å². The molecule has 0 unspecified atom stereocenters. The van der Waals surface area contributed by atoms with Crippen LogP contribution in [0, 0.1) is 0 Å². The summed E-state index contributed by atoms with van der Waals surface area (Å²) in [6.07, 6.45) is 0. The van der Waals surface area contributed by atoms with E-state index in [2.05, 4.69) is 15.0 Å². The lowest BCUT2D eigenvalue weighted by molar-refractivity contribution is 0.222. The Morgan fingerprint density at radius 2 is 1.91 bits per heavy atom. The van der Waals surface area contributed by atoms with E-state index in [0.29, 0.717) is 10.8 Å². The first-order valence-corrected chi connectivity index (χ1v) is 7.89. The standard InChI is InChI=1S/C15H17Cl2N3O2/c16-11-1-2-14(17)15(7-11)20-5-3-19(4-6-20)9-12-8-13(10-21)22-18-12/h1-2,7-8,21H,3-6,9-10H2. The van der Waals surface area contributed by atoms with Gasteiger partial charge >= 0.3 is 0 Å². The van der Waals surface area contributed by atoms with E-state index in [9.17, 15) is 0 Å². The van der Waals surface area contributed by atoms with Crippen molar-refractivity contribution in [1.82, 2.24) is 10.1 Å². The van der Waals surface area contributed by atoms with Gasteiger partial charge in [-0.25, -0.2) is 0 Å². The highest BCUT2D eigenvalue weighted by Gasteiger charge is 2.20. The normalized spacial score (nSPS) is 16.2. The fraction of sp³-hybridized carbons (Fsp3) is 0.400. The summed E-state index contributed by atoms with van der Waals surface area (Å²) in [6, 6.07) is 7.33. The maximum Gasteiger partial charge on any atom is 0.162 e. The molecule has 1 aromatic carbocycles. The molecule has 0 atom stereocenters. The van der Waals surface area contributed by atoms with Crippen molar-refractivity contribution in [3.8, 4) is 0 Å². The maximum atomic E-state index is 8.99. The first-order valence-electron chi connectivity index (χ1n) is 7.13. The molecule has 0 radical (unpaired) electrons. The van der Waals surface area contributed by atoms with Crippen LogP contribution in [-0.2, 0) is 13.2 Å². The summed E-state index contributed by atoms with van der Waals surface area (Å²) < 4.78 is 5.01. The van der Waals surface area contributed by atoms with Crippen molar-refractivity contribution >= 4 is 28.9 Å². The average Bonchev–Trinajstić information content (AvgIpc) is 2.98. The zero-order valence-corrected chi connectivity index (χ0v) is 13.5. The van der Waals surface area contributed by atoms with Crippen LogP contribution in [0.3, 0.4) is 0 Å². The minimum absolute atomic E-state index is 0.117. The molecule has 0 amide bonds. The predicted molar refractivity (Wildman–Crippen MR) is 86.4 cm³/mol. The highest BCUT2D eigenvalue weighted by Crippen LogP contribution is 2.29. The number of anilines is 1. The molecule has 0 aliphatic carbocycles. The third-order valence-corrected chi connectivity index (χ3v) is 4.33. The van der Waals surface area contributed by atoms with E-state index < -0.39 is 0 Å². The number of hydrogen-bond donors (Lipinski definition) is 1. The van der Waals surface area contributed by atoms with E-state index >= 15 is 0 Å². The summed E-state index contributed by atoms with van der Waals surface area (Å²) in [5.41, 5.74) is 1.83. The SMILES string of the molecule is OCc1cc(CN2CCN(c3cc(Cl)ccc3Cl)CC2)no1. The van der Waals surface area contributed by atoms with Crippen LogP contribution in [0.2, 0.25) is 10.0 Å².